The van der Waals surface area contributed by atoms with Crippen molar-refractivity contribution in [2.75, 3.05) is 18.0 Å². The molecule has 0 amide bonds. The average Bonchev–Trinajstić information content (AvgIpc) is 2.85. The summed E-state index contributed by atoms with van der Waals surface area (Å²) < 4.78 is 0. The molecule has 0 bridgehead atoms. The fraction of sp³-hybridized carbons (Fsp3) is 0.800. The Morgan fingerprint density at radius 1 is 1.53 bits per heavy atom. The van der Waals surface area contributed by atoms with Gasteiger partial charge in [0.2, 0.25) is 0 Å². The van der Waals surface area contributed by atoms with Crippen LogP contribution in [0.5, 0.6) is 0 Å². The van der Waals surface area contributed by atoms with Crippen LogP contribution in [0.15, 0.2) is 5.38 Å². The Morgan fingerprint density at radius 2 is 2.32 bits per heavy atom. The van der Waals surface area contributed by atoms with Crippen molar-refractivity contribution in [3.8, 4) is 0 Å². The van der Waals surface area contributed by atoms with Gasteiger partial charge in [-0.25, -0.2) is 4.98 Å². The third-order valence-electron chi connectivity index (χ3n) is 4.04. The van der Waals surface area contributed by atoms with Gasteiger partial charge in [0, 0.05) is 24.0 Å². The number of nitrogens with zero attached hydrogens (tertiary/aromatic N) is 2. The molecule has 3 unspecified atom stereocenters. The zero-order chi connectivity index (χ0) is 13.8. The van der Waals surface area contributed by atoms with Gasteiger partial charge in [-0.1, -0.05) is 13.8 Å². The van der Waals surface area contributed by atoms with Crippen LogP contribution < -0.4 is 10.2 Å². The molecule has 19 heavy (non-hydrogen) atoms. The van der Waals surface area contributed by atoms with Crippen LogP contribution >= 0.6 is 11.3 Å². The standard InChI is InChI=1S/C15H27N3S/c1-5-7-16-13(4)14-10-19-15(17-14)18-8-6-11(2)9-12(18)3/h10-13,16H,5-9H2,1-4H3. The predicted octanol–water partition coefficient (Wildman–Crippen LogP) is 3.83. The maximum absolute atomic E-state index is 4.84. The van der Waals surface area contributed by atoms with Crippen molar-refractivity contribution in [3.05, 3.63) is 11.1 Å². The van der Waals surface area contributed by atoms with Crippen LogP contribution in [-0.4, -0.2) is 24.1 Å². The molecule has 1 aliphatic rings. The van der Waals surface area contributed by atoms with Crippen molar-refractivity contribution < 1.29 is 0 Å². The Hall–Kier alpha value is -0.610. The Balaban J connectivity index is 2.00. The number of hydrogen-bond donors (Lipinski definition) is 1. The summed E-state index contributed by atoms with van der Waals surface area (Å²) >= 11 is 1.80. The average molecular weight is 281 g/mol. The molecule has 108 valence electrons. The Morgan fingerprint density at radius 3 is 3.00 bits per heavy atom. The first-order valence-electron chi connectivity index (χ1n) is 7.57. The van der Waals surface area contributed by atoms with E-state index in [1.807, 2.05) is 0 Å². The fourth-order valence-electron chi connectivity index (χ4n) is 2.76. The molecule has 2 heterocycles. The van der Waals surface area contributed by atoms with Gasteiger partial charge in [0.25, 0.3) is 0 Å². The van der Waals surface area contributed by atoms with Gasteiger partial charge in [-0.3, -0.25) is 0 Å². The third kappa shape index (κ3) is 3.69. The number of aromatic nitrogens is 1. The van der Waals surface area contributed by atoms with Crippen molar-refractivity contribution in [1.29, 1.82) is 0 Å². The van der Waals surface area contributed by atoms with Crippen molar-refractivity contribution in [1.82, 2.24) is 10.3 Å². The highest BCUT2D eigenvalue weighted by Crippen LogP contribution is 2.31. The number of nitrogens with one attached hydrogen (secondary N) is 1. The van der Waals surface area contributed by atoms with E-state index in [-0.39, 0.29) is 0 Å². The first-order valence-corrected chi connectivity index (χ1v) is 8.45. The maximum atomic E-state index is 4.84. The van der Waals surface area contributed by atoms with E-state index >= 15 is 0 Å². The van der Waals surface area contributed by atoms with Gasteiger partial charge in [0.1, 0.15) is 0 Å². The molecule has 0 spiro atoms. The molecule has 1 aromatic rings. The molecule has 3 nitrogen and oxygen atoms in total. The van der Waals surface area contributed by atoms with Crippen molar-refractivity contribution >= 4 is 16.5 Å². The Labute approximate surface area is 121 Å². The van der Waals surface area contributed by atoms with E-state index in [1.54, 1.807) is 11.3 Å². The van der Waals surface area contributed by atoms with Gasteiger partial charge in [-0.2, -0.15) is 0 Å². The molecule has 0 aromatic carbocycles. The van der Waals surface area contributed by atoms with Crippen molar-refractivity contribution in [3.63, 3.8) is 0 Å². The molecule has 0 radical (unpaired) electrons. The van der Waals surface area contributed by atoms with Gasteiger partial charge in [-0.05, 0) is 45.6 Å². The second-order valence-electron chi connectivity index (χ2n) is 5.90. The maximum Gasteiger partial charge on any atom is 0.185 e. The van der Waals surface area contributed by atoms with Gasteiger partial charge in [0.05, 0.1) is 5.69 Å². The molecule has 0 saturated carbocycles. The quantitative estimate of drug-likeness (QED) is 0.889. The van der Waals surface area contributed by atoms with E-state index in [0.29, 0.717) is 12.1 Å². The van der Waals surface area contributed by atoms with Gasteiger partial charge in [0.15, 0.2) is 5.13 Å². The molecular weight excluding hydrogens is 254 g/mol. The second kappa shape index (κ2) is 6.71. The summed E-state index contributed by atoms with van der Waals surface area (Å²) in [5, 5.41) is 6.93. The number of piperidine rings is 1. The molecule has 1 N–H and O–H groups in total. The SMILES string of the molecule is CCCNC(C)c1csc(N2CCC(C)CC2C)n1. The molecule has 0 aliphatic carbocycles. The van der Waals surface area contributed by atoms with E-state index < -0.39 is 0 Å². The van der Waals surface area contributed by atoms with Gasteiger partial charge < -0.3 is 10.2 Å². The summed E-state index contributed by atoms with van der Waals surface area (Å²) in [6.07, 6.45) is 3.75. The van der Waals surface area contributed by atoms with Crippen LogP contribution in [0.3, 0.4) is 0 Å². The normalized spacial score (nSPS) is 25.6. The van der Waals surface area contributed by atoms with Crippen molar-refractivity contribution in [2.45, 2.75) is 59.0 Å². The first kappa shape index (κ1) is 14.8. The van der Waals surface area contributed by atoms with Crippen LogP contribution in [0.2, 0.25) is 0 Å². The number of rotatable bonds is 5. The van der Waals surface area contributed by atoms with Gasteiger partial charge >= 0.3 is 0 Å². The molecule has 1 saturated heterocycles. The lowest BCUT2D eigenvalue weighted by Crippen LogP contribution is -2.40. The first-order chi connectivity index (χ1) is 9.11. The smallest absolute Gasteiger partial charge is 0.185 e. The minimum atomic E-state index is 0.365. The predicted molar refractivity (Wildman–Crippen MR) is 84.0 cm³/mol. The highest BCUT2D eigenvalue weighted by atomic mass is 32.1. The van der Waals surface area contributed by atoms with Crippen molar-refractivity contribution in [2.24, 2.45) is 5.92 Å². The molecule has 1 fully saturated rings. The van der Waals surface area contributed by atoms with E-state index in [9.17, 15) is 0 Å². The Bertz CT molecular complexity index is 390. The molecule has 2 rings (SSSR count). The number of thiazole rings is 1. The molecular formula is C15H27N3S. The Kier molecular flexibility index (Phi) is 5.22. The van der Waals surface area contributed by atoms with E-state index in [4.69, 9.17) is 4.98 Å². The molecule has 4 heteroatoms. The van der Waals surface area contributed by atoms with Crippen LogP contribution in [0.1, 0.15) is 58.7 Å². The monoisotopic (exact) mass is 281 g/mol. The summed E-state index contributed by atoms with van der Waals surface area (Å²) in [6.45, 7) is 11.3. The van der Waals surface area contributed by atoms with E-state index in [0.717, 1.165) is 19.0 Å². The summed E-state index contributed by atoms with van der Waals surface area (Å²) in [7, 11) is 0. The lowest BCUT2D eigenvalue weighted by atomic mass is 9.94. The molecule has 1 aliphatic heterocycles. The second-order valence-corrected chi connectivity index (χ2v) is 6.74. The summed E-state index contributed by atoms with van der Waals surface area (Å²) in [4.78, 5) is 7.33. The van der Waals surface area contributed by atoms with Gasteiger partial charge in [-0.15, -0.1) is 11.3 Å². The lowest BCUT2D eigenvalue weighted by molar-refractivity contribution is 0.377. The van der Waals surface area contributed by atoms with Crippen LogP contribution in [-0.2, 0) is 0 Å². The molecule has 3 atom stereocenters. The van der Waals surface area contributed by atoms with Crippen LogP contribution in [0.4, 0.5) is 5.13 Å². The fourth-order valence-corrected chi connectivity index (χ4v) is 3.81. The minimum Gasteiger partial charge on any atom is -0.345 e. The third-order valence-corrected chi connectivity index (χ3v) is 4.93. The summed E-state index contributed by atoms with van der Waals surface area (Å²) in [5.74, 6) is 0.857. The highest BCUT2D eigenvalue weighted by molar-refractivity contribution is 7.13. The summed E-state index contributed by atoms with van der Waals surface area (Å²) in [5.41, 5.74) is 1.19. The zero-order valence-electron chi connectivity index (χ0n) is 12.6. The van der Waals surface area contributed by atoms with Crippen LogP contribution in [0, 0.1) is 5.92 Å². The minimum absolute atomic E-state index is 0.365. The summed E-state index contributed by atoms with van der Waals surface area (Å²) in [6, 6.07) is 0.991. The number of anilines is 1. The largest absolute Gasteiger partial charge is 0.345 e. The van der Waals surface area contributed by atoms with E-state index in [2.05, 4.69) is 43.3 Å². The zero-order valence-corrected chi connectivity index (χ0v) is 13.5. The highest BCUT2D eigenvalue weighted by Gasteiger charge is 2.25. The lowest BCUT2D eigenvalue weighted by Gasteiger charge is -2.36. The topological polar surface area (TPSA) is 28.2 Å². The van der Waals surface area contributed by atoms with Crippen LogP contribution in [0.25, 0.3) is 0 Å². The molecule has 1 aromatic heterocycles. The number of hydrogen-bond acceptors (Lipinski definition) is 4. The van der Waals surface area contributed by atoms with E-state index in [1.165, 1.54) is 30.1 Å².